The molecular weight excluding hydrogens is 825 g/mol. The average Bonchev–Trinajstić information content (AvgIpc) is 3.46. The van der Waals surface area contributed by atoms with Gasteiger partial charge in [-0.05, 0) is 44.9 Å². The number of aliphatic carboxylic acids is 2. The molecule has 1 aliphatic rings. The van der Waals surface area contributed by atoms with Crippen LogP contribution < -0.4 is 15.5 Å². The quantitative estimate of drug-likeness (QED) is 0.0408. The molecule has 0 unspecified atom stereocenters. The van der Waals surface area contributed by atoms with E-state index in [1.165, 1.54) is 128 Å². The molecule has 0 spiro atoms. The van der Waals surface area contributed by atoms with Gasteiger partial charge in [0.05, 0.1) is 19.8 Å². The third-order valence-electron chi connectivity index (χ3n) is 9.54. The predicted octanol–water partition coefficient (Wildman–Crippen LogP) is 9.89. The molecule has 9 nitrogen and oxygen atoms in total. The Balaban J connectivity index is -0.000000197. The van der Waals surface area contributed by atoms with Gasteiger partial charge in [-0.2, -0.15) is 0 Å². The summed E-state index contributed by atoms with van der Waals surface area (Å²) >= 11 is 0.149. The molecule has 0 saturated carbocycles. The summed E-state index contributed by atoms with van der Waals surface area (Å²) in [5, 5.41) is 49.0. The zero-order valence-corrected chi connectivity index (χ0v) is 41.7. The predicted molar refractivity (Wildman–Crippen MR) is 240 cm³/mol. The van der Waals surface area contributed by atoms with Gasteiger partial charge in [0.2, 0.25) is 5.91 Å². The van der Waals surface area contributed by atoms with E-state index >= 15 is 0 Å². The van der Waals surface area contributed by atoms with E-state index in [0.29, 0.717) is 6.42 Å². The molecule has 0 aliphatic carbocycles. The number of rotatable bonds is 30. The maximum absolute atomic E-state index is 10.6. The molecule has 342 valence electrons. The number of carbonyl (C=O) groups is 3. The second kappa shape index (κ2) is 59.4. The summed E-state index contributed by atoms with van der Waals surface area (Å²) in [7, 11) is 0. The van der Waals surface area contributed by atoms with E-state index in [1.54, 1.807) is 8.87 Å². The Labute approximate surface area is 364 Å². The number of nitrogens with one attached hydrogen (secondary N) is 1. The monoisotopic (exact) mass is 924 g/mol. The van der Waals surface area contributed by atoms with Gasteiger partial charge in [0.25, 0.3) is 0 Å². The maximum Gasteiger partial charge on any atom is 0.219 e. The standard InChI is InChI=1S/2C12H24O2.C6H11NO.C6H14O3.2C4H9.C3H8.Sn/c2*1-2-3-4-5-6-7-8-9-10-11-12(13)14;8-6-4-2-1-3-5-7-6;1-2-6(3-7,4-8)5-9;2*1-3-4-2;1-3-2;/h2*2-11H2,1H3,(H,13,14);1-5H2,(H,7,8);7-9H,2-5H2,1H3;2*1,3-4H2,2H3;3H2,1-2H3;/q;;;;;;;+2/p-2. The van der Waals surface area contributed by atoms with Crippen molar-refractivity contribution in [3.63, 3.8) is 0 Å². The number of amides is 1. The van der Waals surface area contributed by atoms with E-state index in [2.05, 4.69) is 46.9 Å². The molecule has 1 amide bonds. The van der Waals surface area contributed by atoms with Crippen molar-refractivity contribution in [2.75, 3.05) is 26.4 Å². The number of aliphatic hydroxyl groups excluding tert-OH is 3. The Morgan fingerprint density at radius 3 is 1.16 bits per heavy atom. The van der Waals surface area contributed by atoms with E-state index in [1.807, 2.05) is 6.92 Å². The van der Waals surface area contributed by atoms with Gasteiger partial charge in [-0.15, -0.1) is 0 Å². The third kappa shape index (κ3) is 67.1. The van der Waals surface area contributed by atoms with E-state index in [4.69, 9.17) is 15.3 Å². The van der Waals surface area contributed by atoms with E-state index in [9.17, 15) is 24.6 Å². The van der Waals surface area contributed by atoms with Crippen LogP contribution in [0.15, 0.2) is 0 Å². The summed E-state index contributed by atoms with van der Waals surface area (Å²) in [5.41, 5.74) is -0.667. The Morgan fingerprint density at radius 2 is 0.877 bits per heavy atom. The smallest absolute Gasteiger partial charge is 0.219 e. The normalized spacial score (nSPS) is 11.8. The van der Waals surface area contributed by atoms with Crippen molar-refractivity contribution in [2.24, 2.45) is 5.41 Å². The first-order valence-corrected chi connectivity index (χ1v) is 27.7. The van der Waals surface area contributed by atoms with Crippen molar-refractivity contribution < 1.29 is 39.9 Å². The van der Waals surface area contributed by atoms with Gasteiger partial charge in [-0.1, -0.05) is 150 Å². The van der Waals surface area contributed by atoms with Crippen LogP contribution in [-0.2, 0) is 14.4 Å². The summed E-state index contributed by atoms with van der Waals surface area (Å²) in [5.74, 6) is -1.59. The fourth-order valence-electron chi connectivity index (χ4n) is 5.28. The molecule has 1 aliphatic heterocycles. The molecule has 1 rings (SSSR count). The number of carboxylic acids is 2. The van der Waals surface area contributed by atoms with Crippen LogP contribution in [0.25, 0.3) is 0 Å². The fraction of sp³-hybridized carbons (Fsp3) is 0.936. The Morgan fingerprint density at radius 1 is 0.544 bits per heavy atom. The van der Waals surface area contributed by atoms with Crippen molar-refractivity contribution in [1.82, 2.24) is 5.32 Å². The van der Waals surface area contributed by atoms with Crippen molar-refractivity contribution >= 4 is 39.0 Å². The number of unbranched alkanes of at least 4 members (excludes halogenated alkanes) is 18. The zero-order chi connectivity index (χ0) is 44.1. The van der Waals surface area contributed by atoms with Gasteiger partial charge in [0.15, 0.2) is 0 Å². The molecule has 4 N–H and O–H groups in total. The Kier molecular flexibility index (Phi) is 68.0. The maximum atomic E-state index is 10.6. The molecule has 0 atom stereocenters. The second-order valence-corrected chi connectivity index (χ2v) is 19.8. The molecule has 10 heteroatoms. The van der Waals surface area contributed by atoms with E-state index in [0.717, 1.165) is 51.5 Å². The first-order chi connectivity index (χ1) is 27.5. The largest absolute Gasteiger partial charge is 0.356 e. The number of aliphatic hydroxyl groups is 3. The molecule has 1 fully saturated rings. The molecule has 0 aromatic carbocycles. The van der Waals surface area contributed by atoms with Crippen LogP contribution in [0.5, 0.6) is 0 Å². The average molecular weight is 923 g/mol. The molecule has 0 bridgehead atoms. The first kappa shape index (κ1) is 65.2. The van der Waals surface area contributed by atoms with Crippen LogP contribution >= 0.6 is 0 Å². The second-order valence-electron chi connectivity index (χ2n) is 15.6. The fourth-order valence-corrected chi connectivity index (χ4v) is 9.44. The molecule has 1 saturated heterocycles. The SMILES string of the molecule is CCC.CCC(CO)(CO)CO.CCCCCCCCCCCC(=O)[O-].CCCCCCCCCCCC(=O)[O-].CCC[CH2][Sn+2][CH2]CCC.O=C1CCCCCN1. The minimum Gasteiger partial charge on any atom is -0.356 e. The molecule has 57 heavy (non-hydrogen) atoms. The van der Waals surface area contributed by atoms with Crippen LogP contribution in [-0.4, -0.2) is 80.7 Å². The molecule has 1 heterocycles. The summed E-state index contributed by atoms with van der Waals surface area (Å²) in [4.78, 5) is 30.8. The van der Waals surface area contributed by atoms with E-state index < -0.39 is 17.4 Å². The number of carboxylic acid groups (broad SMARTS) is 2. The van der Waals surface area contributed by atoms with Gasteiger partial charge in [0.1, 0.15) is 0 Å². The molecule has 0 radical (unpaired) electrons. The van der Waals surface area contributed by atoms with Gasteiger partial charge in [-0.3, -0.25) is 4.79 Å². The minimum absolute atomic E-state index is 0.149. The summed E-state index contributed by atoms with van der Waals surface area (Å²) < 4.78 is 3.25. The van der Waals surface area contributed by atoms with Crippen molar-refractivity contribution in [1.29, 1.82) is 0 Å². The zero-order valence-electron chi connectivity index (χ0n) is 38.8. The molecular formula is C47H97NO8Sn. The Bertz CT molecular complexity index is 702. The number of hydrogen-bond donors (Lipinski definition) is 4. The summed E-state index contributed by atoms with van der Waals surface area (Å²) in [6.07, 6.45) is 34.2. The van der Waals surface area contributed by atoms with Crippen LogP contribution in [0.2, 0.25) is 8.87 Å². The van der Waals surface area contributed by atoms with Crippen molar-refractivity contribution in [2.45, 2.75) is 250 Å². The van der Waals surface area contributed by atoms with Gasteiger partial charge < -0.3 is 40.4 Å². The first-order valence-electron chi connectivity index (χ1n) is 23.7. The van der Waals surface area contributed by atoms with Crippen LogP contribution in [0.3, 0.4) is 0 Å². The topological polar surface area (TPSA) is 170 Å². The van der Waals surface area contributed by atoms with Gasteiger partial charge in [-0.25, -0.2) is 0 Å². The van der Waals surface area contributed by atoms with Crippen molar-refractivity contribution in [3.05, 3.63) is 0 Å². The Hall–Kier alpha value is -0.911. The van der Waals surface area contributed by atoms with E-state index in [-0.39, 0.29) is 59.7 Å². The molecule has 0 aromatic rings. The third-order valence-corrected chi connectivity index (χ3v) is 13.6. The van der Waals surface area contributed by atoms with Gasteiger partial charge >= 0.3 is 69.5 Å². The van der Waals surface area contributed by atoms with Crippen LogP contribution in [0, 0.1) is 5.41 Å². The van der Waals surface area contributed by atoms with Gasteiger partial charge in [0, 0.05) is 30.3 Å². The number of carbonyl (C=O) groups excluding carboxylic acids is 3. The van der Waals surface area contributed by atoms with Crippen LogP contribution in [0.1, 0.15) is 241 Å². The summed E-state index contributed by atoms with van der Waals surface area (Å²) in [6, 6.07) is 0. The summed E-state index contributed by atoms with van der Waals surface area (Å²) in [6.45, 7) is 15.5. The van der Waals surface area contributed by atoms with Crippen molar-refractivity contribution in [3.8, 4) is 0 Å². The molecule has 0 aromatic heterocycles. The minimum atomic E-state index is -0.909. The van der Waals surface area contributed by atoms with Crippen LogP contribution in [0.4, 0.5) is 0 Å². The number of hydrogen-bond acceptors (Lipinski definition) is 8.